The number of nitrogens with zero attached hydrogens (tertiary/aromatic N) is 2. The molecule has 1 amide bonds. The summed E-state index contributed by atoms with van der Waals surface area (Å²) in [5.41, 5.74) is 2.55. The number of amides is 1. The Morgan fingerprint density at radius 2 is 1.76 bits per heavy atom. The Balaban J connectivity index is 1.76. The van der Waals surface area contributed by atoms with Crippen LogP contribution < -0.4 is 4.90 Å². The summed E-state index contributed by atoms with van der Waals surface area (Å²) in [4.78, 5) is 32.4. The normalized spacial score (nSPS) is 17.8. The molecule has 3 aromatic carbocycles. The van der Waals surface area contributed by atoms with E-state index in [1.54, 1.807) is 30.3 Å². The largest absolute Gasteiger partial charge is 0.507 e. The highest BCUT2D eigenvalue weighted by Crippen LogP contribution is 2.46. The van der Waals surface area contributed by atoms with Crippen LogP contribution in [-0.2, 0) is 9.59 Å². The zero-order chi connectivity index (χ0) is 23.3. The quantitative estimate of drug-likeness (QED) is 0.199. The van der Waals surface area contributed by atoms with Crippen molar-refractivity contribution in [3.05, 3.63) is 99.0 Å². The number of halogens is 2. The van der Waals surface area contributed by atoms with Gasteiger partial charge in [0, 0.05) is 15.6 Å². The molecule has 1 atom stereocenters. The molecule has 0 spiro atoms. The van der Waals surface area contributed by atoms with Gasteiger partial charge in [-0.3, -0.25) is 14.5 Å². The van der Waals surface area contributed by atoms with E-state index in [9.17, 15) is 14.7 Å². The van der Waals surface area contributed by atoms with Gasteiger partial charge in [-0.2, -0.15) is 0 Å². The van der Waals surface area contributed by atoms with E-state index in [1.807, 2.05) is 43.3 Å². The number of para-hydroxylation sites is 1. The van der Waals surface area contributed by atoms with Gasteiger partial charge in [-0.25, -0.2) is 4.98 Å². The Morgan fingerprint density at radius 1 is 1.03 bits per heavy atom. The maximum absolute atomic E-state index is 13.3. The lowest BCUT2D eigenvalue weighted by molar-refractivity contribution is -0.132. The van der Waals surface area contributed by atoms with E-state index in [2.05, 4.69) is 4.98 Å². The number of thiazole rings is 1. The molecule has 4 aromatic rings. The summed E-state index contributed by atoms with van der Waals surface area (Å²) in [6.07, 6.45) is 0. The fourth-order valence-corrected chi connectivity index (χ4v) is 5.38. The Kier molecular flexibility index (Phi) is 5.44. The zero-order valence-corrected chi connectivity index (χ0v) is 19.6. The van der Waals surface area contributed by atoms with Crippen LogP contribution in [0.2, 0.25) is 10.0 Å². The highest BCUT2D eigenvalue weighted by molar-refractivity contribution is 7.22. The Morgan fingerprint density at radius 3 is 2.45 bits per heavy atom. The molecule has 1 aliphatic rings. The predicted molar refractivity (Wildman–Crippen MR) is 132 cm³/mol. The fraction of sp³-hybridized carbons (Fsp3) is 0.0800. The Hall–Kier alpha value is -3.19. The van der Waals surface area contributed by atoms with Gasteiger partial charge in [0.1, 0.15) is 5.76 Å². The van der Waals surface area contributed by atoms with Crippen molar-refractivity contribution in [3.63, 3.8) is 0 Å². The number of hydrogen-bond acceptors (Lipinski definition) is 5. The fourth-order valence-electron chi connectivity index (χ4n) is 3.88. The predicted octanol–water partition coefficient (Wildman–Crippen LogP) is 6.54. The van der Waals surface area contributed by atoms with Crippen molar-refractivity contribution in [2.45, 2.75) is 13.0 Å². The molecule has 1 unspecified atom stereocenters. The molecule has 1 N–H and O–H groups in total. The maximum atomic E-state index is 13.3. The first-order valence-corrected chi connectivity index (χ1v) is 11.6. The van der Waals surface area contributed by atoms with Crippen molar-refractivity contribution in [2.24, 2.45) is 0 Å². The van der Waals surface area contributed by atoms with Gasteiger partial charge >= 0.3 is 5.91 Å². The molecule has 5 rings (SSSR count). The summed E-state index contributed by atoms with van der Waals surface area (Å²) < 4.78 is 0.869. The van der Waals surface area contributed by atoms with Crippen molar-refractivity contribution in [1.82, 2.24) is 4.98 Å². The van der Waals surface area contributed by atoms with E-state index >= 15 is 0 Å². The molecule has 1 aliphatic heterocycles. The lowest BCUT2D eigenvalue weighted by Crippen LogP contribution is -2.29. The SMILES string of the molecule is Cc1ccc(/C(O)=C2\C(=O)C(=O)N(c3nc4ccccc4s3)C2c2ccc(Cl)cc2Cl)cc1. The number of aromatic nitrogens is 1. The number of anilines is 1. The van der Waals surface area contributed by atoms with Crippen LogP contribution in [0, 0.1) is 6.92 Å². The van der Waals surface area contributed by atoms with Gasteiger partial charge in [-0.05, 0) is 36.8 Å². The number of aliphatic hydroxyl groups is 1. The van der Waals surface area contributed by atoms with Crippen LogP contribution in [0.5, 0.6) is 0 Å². The van der Waals surface area contributed by atoms with Gasteiger partial charge in [-0.1, -0.05) is 82.6 Å². The van der Waals surface area contributed by atoms with Crippen molar-refractivity contribution >= 4 is 67.3 Å². The highest BCUT2D eigenvalue weighted by atomic mass is 35.5. The molecular formula is C25H16Cl2N2O3S. The molecule has 8 heteroatoms. The molecule has 1 fully saturated rings. The number of Topliss-reactive ketones (excluding diaryl/α,β-unsaturated/α-hetero) is 1. The number of aliphatic hydroxyl groups excluding tert-OH is 1. The first-order valence-electron chi connectivity index (χ1n) is 10.0. The summed E-state index contributed by atoms with van der Waals surface area (Å²) in [5, 5.41) is 12.2. The van der Waals surface area contributed by atoms with Crippen LogP contribution in [0.3, 0.4) is 0 Å². The number of ketones is 1. The molecule has 0 radical (unpaired) electrons. The smallest absolute Gasteiger partial charge is 0.301 e. The summed E-state index contributed by atoms with van der Waals surface area (Å²) in [7, 11) is 0. The van der Waals surface area contributed by atoms with Gasteiger partial charge in [0.25, 0.3) is 5.78 Å². The van der Waals surface area contributed by atoms with Gasteiger partial charge in [0.15, 0.2) is 5.13 Å². The van der Waals surface area contributed by atoms with Crippen molar-refractivity contribution in [3.8, 4) is 0 Å². The van der Waals surface area contributed by atoms with Gasteiger partial charge in [-0.15, -0.1) is 0 Å². The van der Waals surface area contributed by atoms with E-state index < -0.39 is 17.7 Å². The number of hydrogen-bond donors (Lipinski definition) is 1. The molecule has 1 aromatic heterocycles. The van der Waals surface area contributed by atoms with Crippen LogP contribution in [-0.4, -0.2) is 21.8 Å². The summed E-state index contributed by atoms with van der Waals surface area (Å²) in [6.45, 7) is 1.92. The second kappa shape index (κ2) is 8.30. The molecule has 5 nitrogen and oxygen atoms in total. The van der Waals surface area contributed by atoms with Crippen molar-refractivity contribution in [2.75, 3.05) is 4.90 Å². The molecule has 2 heterocycles. The van der Waals surface area contributed by atoms with E-state index in [0.29, 0.717) is 26.8 Å². The number of rotatable bonds is 3. The second-order valence-corrected chi connectivity index (χ2v) is 9.52. The minimum Gasteiger partial charge on any atom is -0.507 e. The highest BCUT2D eigenvalue weighted by Gasteiger charge is 2.48. The van der Waals surface area contributed by atoms with E-state index in [1.165, 1.54) is 16.2 Å². The monoisotopic (exact) mass is 494 g/mol. The van der Waals surface area contributed by atoms with Crippen LogP contribution >= 0.6 is 34.5 Å². The topological polar surface area (TPSA) is 70.5 Å². The summed E-state index contributed by atoms with van der Waals surface area (Å²) in [5.74, 6) is -1.85. The molecule has 0 bridgehead atoms. The first-order chi connectivity index (χ1) is 15.8. The van der Waals surface area contributed by atoms with Gasteiger partial charge in [0.05, 0.1) is 21.8 Å². The molecule has 33 heavy (non-hydrogen) atoms. The van der Waals surface area contributed by atoms with Crippen LogP contribution in [0.15, 0.2) is 72.3 Å². The average molecular weight is 495 g/mol. The number of benzene rings is 3. The van der Waals surface area contributed by atoms with E-state index in [4.69, 9.17) is 23.2 Å². The van der Waals surface area contributed by atoms with Crippen LogP contribution in [0.4, 0.5) is 5.13 Å². The zero-order valence-electron chi connectivity index (χ0n) is 17.3. The number of fused-ring (bicyclic) bond motifs is 1. The number of carbonyl (C=O) groups excluding carboxylic acids is 2. The summed E-state index contributed by atoms with van der Waals surface area (Å²) in [6, 6.07) is 18.4. The van der Waals surface area contributed by atoms with Gasteiger partial charge < -0.3 is 5.11 Å². The minimum atomic E-state index is -0.961. The van der Waals surface area contributed by atoms with E-state index in [0.717, 1.165) is 10.3 Å². The second-order valence-electron chi connectivity index (χ2n) is 7.67. The standard InChI is InChI=1S/C25H16Cl2N2O3S/c1-13-6-8-14(9-7-13)22(30)20-21(16-11-10-15(26)12-17(16)27)29(24(32)23(20)31)25-28-18-4-2-3-5-19(18)33-25/h2-12,21,30H,1H3/b22-20+. The lowest BCUT2D eigenvalue weighted by atomic mass is 9.95. The van der Waals surface area contributed by atoms with Crippen molar-refractivity contribution in [1.29, 1.82) is 0 Å². The Bertz CT molecular complexity index is 1430. The molecular weight excluding hydrogens is 479 g/mol. The molecule has 0 saturated carbocycles. The number of carbonyl (C=O) groups is 2. The van der Waals surface area contributed by atoms with E-state index in [-0.39, 0.29) is 16.4 Å². The average Bonchev–Trinajstić information content (AvgIpc) is 3.32. The lowest BCUT2D eigenvalue weighted by Gasteiger charge is -2.24. The number of aryl methyl sites for hydroxylation is 1. The molecule has 0 aliphatic carbocycles. The molecule has 1 saturated heterocycles. The minimum absolute atomic E-state index is 0.0488. The van der Waals surface area contributed by atoms with Crippen molar-refractivity contribution < 1.29 is 14.7 Å². The van der Waals surface area contributed by atoms with Crippen LogP contribution in [0.1, 0.15) is 22.7 Å². The van der Waals surface area contributed by atoms with Crippen LogP contribution in [0.25, 0.3) is 16.0 Å². The van der Waals surface area contributed by atoms with Gasteiger partial charge in [0.2, 0.25) is 0 Å². The molecule has 164 valence electrons. The summed E-state index contributed by atoms with van der Waals surface area (Å²) >= 11 is 13.9. The third-order valence-corrected chi connectivity index (χ3v) is 7.11. The third-order valence-electron chi connectivity index (χ3n) is 5.52. The third kappa shape index (κ3) is 3.70. The first kappa shape index (κ1) is 21.6. The maximum Gasteiger partial charge on any atom is 0.301 e. The Labute approximate surface area is 203 Å².